The van der Waals surface area contributed by atoms with Gasteiger partial charge in [-0.05, 0) is 144 Å². The van der Waals surface area contributed by atoms with Gasteiger partial charge < -0.3 is 36.3 Å². The fraction of sp³-hybridized carbons (Fsp3) is 0.978. The Morgan fingerprint density at radius 3 is 1.98 bits per heavy atom. The van der Waals surface area contributed by atoms with Gasteiger partial charge >= 0.3 is 0 Å². The Balaban J connectivity index is 1.54. The molecule has 8 heteroatoms. The van der Waals surface area contributed by atoms with Gasteiger partial charge in [0.1, 0.15) is 0 Å². The topological polar surface area (TPSA) is 126 Å². The van der Waals surface area contributed by atoms with Crippen molar-refractivity contribution in [2.45, 2.75) is 181 Å². The van der Waals surface area contributed by atoms with Gasteiger partial charge in [-0.15, -0.1) is 0 Å². The van der Waals surface area contributed by atoms with E-state index in [-0.39, 0.29) is 23.0 Å². The van der Waals surface area contributed by atoms with Crippen LogP contribution in [0.3, 0.4) is 0 Å². The highest BCUT2D eigenvalue weighted by molar-refractivity contribution is 5.76. The molecular weight excluding hydrogens is 661 g/mol. The maximum Gasteiger partial charge on any atom is 0.222 e. The number of nitrogens with zero attached hydrogens (tertiary/aromatic N) is 1. The molecular formula is C45H86N4O4. The number of unbranched alkanes of at least 4 members (excludes halogenated alkanes) is 6. The zero-order valence-electron chi connectivity index (χ0n) is 35.3. The molecule has 6 N–H and O–H groups in total. The van der Waals surface area contributed by atoms with Crippen LogP contribution < -0.4 is 17.2 Å². The molecule has 1 amide bonds. The third-order valence-corrected chi connectivity index (χ3v) is 15.2. The normalized spacial score (nSPS) is 34.3. The summed E-state index contributed by atoms with van der Waals surface area (Å²) in [6.07, 6.45) is 23.0. The minimum absolute atomic E-state index is 0.0550. The fourth-order valence-corrected chi connectivity index (χ4v) is 12.1. The SMILES string of the molecule is CCCCCCN(CCCCCC)C(=O)CCC(C)C1CC[C@H]2C3[C@H](OCCCN)CC4C[C@H](OCCCN)CC[C@]4(C)[C@H]3C[C@H](OCCCN)[C@]12C. The first-order valence-corrected chi connectivity index (χ1v) is 22.9. The number of carbonyl (C=O) groups excluding carboxylic acids is 1. The lowest BCUT2D eigenvalue weighted by molar-refractivity contribution is -0.227. The summed E-state index contributed by atoms with van der Waals surface area (Å²) < 4.78 is 20.4. The van der Waals surface area contributed by atoms with E-state index in [2.05, 4.69) is 39.5 Å². The minimum Gasteiger partial charge on any atom is -0.378 e. The summed E-state index contributed by atoms with van der Waals surface area (Å²) in [4.78, 5) is 16.1. The molecule has 4 fully saturated rings. The number of hydrogen-bond donors (Lipinski definition) is 3. The Bertz CT molecular complexity index is 1020. The average Bonchev–Trinajstić information content (AvgIpc) is 3.51. The summed E-state index contributed by atoms with van der Waals surface area (Å²) in [6, 6.07) is 0. The van der Waals surface area contributed by atoms with E-state index in [9.17, 15) is 4.79 Å². The molecule has 0 aromatic rings. The molecule has 4 saturated carbocycles. The van der Waals surface area contributed by atoms with Gasteiger partial charge in [0, 0.05) is 44.7 Å². The third-order valence-electron chi connectivity index (χ3n) is 15.2. The van der Waals surface area contributed by atoms with E-state index in [4.69, 9.17) is 31.4 Å². The van der Waals surface area contributed by atoms with E-state index < -0.39 is 0 Å². The molecule has 8 nitrogen and oxygen atoms in total. The van der Waals surface area contributed by atoms with Crippen molar-refractivity contribution in [3.8, 4) is 0 Å². The van der Waals surface area contributed by atoms with Crippen LogP contribution in [0.25, 0.3) is 0 Å². The van der Waals surface area contributed by atoms with Crippen molar-refractivity contribution in [3.63, 3.8) is 0 Å². The molecule has 0 aromatic carbocycles. The molecule has 0 bridgehead atoms. The van der Waals surface area contributed by atoms with Crippen LogP contribution in [0, 0.1) is 46.3 Å². The lowest BCUT2D eigenvalue weighted by Gasteiger charge is -2.65. The second kappa shape index (κ2) is 22.8. The Hall–Kier alpha value is -0.770. The predicted octanol–water partition coefficient (Wildman–Crippen LogP) is 8.47. The smallest absolute Gasteiger partial charge is 0.222 e. The van der Waals surface area contributed by atoms with Crippen LogP contribution in [0.1, 0.15) is 163 Å². The number of ether oxygens (including phenoxy) is 3. The standard InChI is InChI=1S/C45H86N4O4/c1-6-8-10-12-26-49(27-13-11-9-7-2)42(50)20-17-34(3)37-18-19-38-43-39(33-41(45(37,38)5)53-30-16-25-48)44(4)22-21-36(51-28-14-23-46)31-35(44)32-40(43)52-29-15-24-47/h34-41,43H,6-33,46-48H2,1-5H3/t34?,35?,36-,37?,38+,39+,40-,41+,43?,44+,45-/m1/s1. The van der Waals surface area contributed by atoms with Gasteiger partial charge in [0.2, 0.25) is 5.91 Å². The Labute approximate surface area is 326 Å². The van der Waals surface area contributed by atoms with E-state index in [0.717, 1.165) is 97.1 Å². The van der Waals surface area contributed by atoms with Crippen molar-refractivity contribution in [1.29, 1.82) is 0 Å². The van der Waals surface area contributed by atoms with Crippen LogP contribution in [0.15, 0.2) is 0 Å². The lowest BCUT2D eigenvalue weighted by atomic mass is 9.43. The van der Waals surface area contributed by atoms with E-state index in [1.807, 2.05) is 0 Å². The molecule has 4 unspecified atom stereocenters. The van der Waals surface area contributed by atoms with Gasteiger partial charge in [0.15, 0.2) is 0 Å². The molecule has 0 spiro atoms. The van der Waals surface area contributed by atoms with Gasteiger partial charge in [0.05, 0.1) is 18.3 Å². The zero-order valence-corrected chi connectivity index (χ0v) is 35.3. The van der Waals surface area contributed by atoms with Crippen molar-refractivity contribution in [2.24, 2.45) is 63.5 Å². The first-order chi connectivity index (χ1) is 25.7. The van der Waals surface area contributed by atoms with Crippen LogP contribution in [-0.2, 0) is 19.0 Å². The van der Waals surface area contributed by atoms with Crippen LogP contribution >= 0.6 is 0 Å². The molecule has 0 radical (unpaired) electrons. The molecule has 0 saturated heterocycles. The van der Waals surface area contributed by atoms with E-state index in [0.29, 0.717) is 73.6 Å². The van der Waals surface area contributed by atoms with E-state index in [1.54, 1.807) is 0 Å². The Kier molecular flexibility index (Phi) is 19.4. The molecule has 11 atom stereocenters. The van der Waals surface area contributed by atoms with E-state index in [1.165, 1.54) is 57.8 Å². The first-order valence-electron chi connectivity index (χ1n) is 22.9. The van der Waals surface area contributed by atoms with Crippen LogP contribution in [-0.4, -0.2) is 81.7 Å². The van der Waals surface area contributed by atoms with Crippen LogP contribution in [0.4, 0.5) is 0 Å². The molecule has 4 rings (SSSR count). The predicted molar refractivity (Wildman–Crippen MR) is 219 cm³/mol. The molecule has 310 valence electrons. The molecule has 0 aromatic heterocycles. The highest BCUT2D eigenvalue weighted by Gasteiger charge is 2.66. The molecule has 0 heterocycles. The van der Waals surface area contributed by atoms with Gasteiger partial charge in [-0.25, -0.2) is 0 Å². The van der Waals surface area contributed by atoms with Crippen LogP contribution in [0.2, 0.25) is 0 Å². The Morgan fingerprint density at radius 1 is 0.736 bits per heavy atom. The summed E-state index contributed by atoms with van der Waals surface area (Å²) >= 11 is 0. The Morgan fingerprint density at radius 2 is 1.36 bits per heavy atom. The molecule has 0 aliphatic heterocycles. The number of rotatable bonds is 26. The summed E-state index contributed by atoms with van der Waals surface area (Å²) in [5.41, 5.74) is 18.1. The maximum atomic E-state index is 13.9. The van der Waals surface area contributed by atoms with Gasteiger partial charge in [-0.3, -0.25) is 4.79 Å². The quantitative estimate of drug-likeness (QED) is 0.0759. The van der Waals surface area contributed by atoms with Crippen molar-refractivity contribution in [1.82, 2.24) is 4.90 Å². The number of fused-ring (bicyclic) bond motifs is 5. The number of carbonyl (C=O) groups is 1. The summed E-state index contributed by atoms with van der Waals surface area (Å²) in [5.74, 6) is 3.63. The number of nitrogens with two attached hydrogens (primary N) is 3. The van der Waals surface area contributed by atoms with Crippen molar-refractivity contribution in [2.75, 3.05) is 52.5 Å². The van der Waals surface area contributed by atoms with Crippen molar-refractivity contribution in [3.05, 3.63) is 0 Å². The van der Waals surface area contributed by atoms with Gasteiger partial charge in [-0.2, -0.15) is 0 Å². The number of hydrogen-bond acceptors (Lipinski definition) is 7. The number of amides is 1. The minimum atomic E-state index is 0.0550. The van der Waals surface area contributed by atoms with E-state index >= 15 is 0 Å². The molecule has 53 heavy (non-hydrogen) atoms. The largest absolute Gasteiger partial charge is 0.378 e. The first kappa shape index (κ1) is 44.9. The zero-order chi connectivity index (χ0) is 38.3. The van der Waals surface area contributed by atoms with Crippen molar-refractivity contribution < 1.29 is 19.0 Å². The highest BCUT2D eigenvalue weighted by Crippen LogP contribution is 2.69. The highest BCUT2D eigenvalue weighted by atomic mass is 16.5. The maximum absolute atomic E-state index is 13.9. The van der Waals surface area contributed by atoms with Crippen molar-refractivity contribution >= 4 is 5.91 Å². The molecule has 4 aliphatic rings. The summed E-state index contributed by atoms with van der Waals surface area (Å²) in [6.45, 7) is 18.3. The third kappa shape index (κ3) is 11.4. The van der Waals surface area contributed by atoms with Gasteiger partial charge in [-0.1, -0.05) is 73.1 Å². The average molecular weight is 747 g/mol. The van der Waals surface area contributed by atoms with Crippen LogP contribution in [0.5, 0.6) is 0 Å². The summed E-state index contributed by atoms with van der Waals surface area (Å²) in [7, 11) is 0. The molecule has 4 aliphatic carbocycles. The second-order valence-electron chi connectivity index (χ2n) is 18.5. The fourth-order valence-electron chi connectivity index (χ4n) is 12.1. The van der Waals surface area contributed by atoms with Gasteiger partial charge in [0.25, 0.3) is 0 Å². The second-order valence-corrected chi connectivity index (χ2v) is 18.5. The lowest BCUT2D eigenvalue weighted by Crippen LogP contribution is -2.63. The summed E-state index contributed by atoms with van der Waals surface area (Å²) in [5, 5.41) is 0. The monoisotopic (exact) mass is 747 g/mol.